The number of fused-ring (bicyclic) bond motifs is 1. The molecule has 0 radical (unpaired) electrons. The summed E-state index contributed by atoms with van der Waals surface area (Å²) in [4.78, 5) is 43.0. The molecule has 2 atom stereocenters. The van der Waals surface area contributed by atoms with Crippen LogP contribution >= 0.6 is 11.3 Å². The maximum atomic E-state index is 12.9. The Morgan fingerprint density at radius 3 is 2.86 bits per heavy atom. The molecule has 0 aliphatic carbocycles. The van der Waals surface area contributed by atoms with Crippen LogP contribution in [0.2, 0.25) is 0 Å². The number of nitrogens with one attached hydrogen (secondary N) is 1. The van der Waals surface area contributed by atoms with Crippen molar-refractivity contribution in [2.75, 3.05) is 6.54 Å². The van der Waals surface area contributed by atoms with E-state index < -0.39 is 12.1 Å². The van der Waals surface area contributed by atoms with Crippen LogP contribution in [0.3, 0.4) is 0 Å². The molecule has 6 nitrogen and oxygen atoms in total. The third kappa shape index (κ3) is 3.45. The van der Waals surface area contributed by atoms with Crippen molar-refractivity contribution in [1.29, 1.82) is 0 Å². The number of carbonyl (C=O) groups excluding carboxylic acids is 2. The van der Waals surface area contributed by atoms with E-state index in [9.17, 15) is 14.4 Å². The van der Waals surface area contributed by atoms with Crippen LogP contribution in [0, 0.1) is 0 Å². The first kappa shape index (κ1) is 18.4. The Balaban J connectivity index is 1.50. The summed E-state index contributed by atoms with van der Waals surface area (Å²) in [6.45, 7) is 2.22. The molecule has 0 unspecified atom stereocenters. The van der Waals surface area contributed by atoms with Crippen molar-refractivity contribution in [3.05, 3.63) is 68.8 Å². The first-order chi connectivity index (χ1) is 13.5. The number of carbonyl (C=O) groups is 2. The number of likely N-dealkylation sites (tertiary alicyclic amines) is 1. The molecule has 4 rings (SSSR count). The van der Waals surface area contributed by atoms with Crippen LogP contribution in [0.5, 0.6) is 0 Å². The molecule has 1 amide bonds. The lowest BCUT2D eigenvalue weighted by molar-refractivity contribution is -0.140. The number of benzene rings is 1. The molecule has 144 valence electrons. The first-order valence-electron chi connectivity index (χ1n) is 9.21. The lowest BCUT2D eigenvalue weighted by atomic mass is 10.1. The molecule has 2 aromatic heterocycles. The first-order valence-corrected chi connectivity index (χ1v) is 10.1. The van der Waals surface area contributed by atoms with Crippen LogP contribution in [-0.2, 0) is 9.53 Å². The van der Waals surface area contributed by atoms with Gasteiger partial charge in [-0.25, -0.2) is 4.79 Å². The number of aromatic nitrogens is 1. The Labute approximate surface area is 165 Å². The van der Waals surface area contributed by atoms with Crippen LogP contribution in [0.15, 0.2) is 52.6 Å². The van der Waals surface area contributed by atoms with Gasteiger partial charge in [0.05, 0.1) is 6.04 Å². The van der Waals surface area contributed by atoms with Crippen LogP contribution in [-0.4, -0.2) is 34.4 Å². The minimum absolute atomic E-state index is 0.0362. The number of hydrogen-bond acceptors (Lipinski definition) is 5. The molecule has 7 heteroatoms. The van der Waals surface area contributed by atoms with E-state index in [4.69, 9.17) is 4.74 Å². The van der Waals surface area contributed by atoms with E-state index in [-0.39, 0.29) is 23.2 Å². The second-order valence-corrected chi connectivity index (χ2v) is 7.83. The smallest absolute Gasteiger partial charge is 0.355 e. The summed E-state index contributed by atoms with van der Waals surface area (Å²) in [5.41, 5.74) is -0.319. The maximum absolute atomic E-state index is 12.9. The molecule has 3 heterocycles. The largest absolute Gasteiger partial charge is 0.448 e. The Morgan fingerprint density at radius 2 is 2.07 bits per heavy atom. The number of rotatable bonds is 4. The van der Waals surface area contributed by atoms with Crippen molar-refractivity contribution in [3.63, 3.8) is 0 Å². The predicted octanol–water partition coefficient (Wildman–Crippen LogP) is 3.50. The van der Waals surface area contributed by atoms with Crippen LogP contribution in [0.25, 0.3) is 10.8 Å². The molecule has 3 aromatic rings. The standard InChI is InChI=1S/C21H20N2O4S/c1-13(20(25)23-10-4-8-17(23)18-9-5-11-28-18)27-21(26)16-12-14-6-2-3-7-15(14)19(24)22-16/h2-3,5-7,9,11-13,17H,4,8,10H2,1H3,(H,22,24)/t13-,17+/m1/s1. The van der Waals surface area contributed by atoms with Crippen LogP contribution in [0.4, 0.5) is 0 Å². The zero-order valence-corrected chi connectivity index (χ0v) is 16.2. The van der Waals surface area contributed by atoms with Gasteiger partial charge in [-0.2, -0.15) is 0 Å². The van der Waals surface area contributed by atoms with Gasteiger partial charge in [0.1, 0.15) is 5.69 Å². The van der Waals surface area contributed by atoms with E-state index in [1.54, 1.807) is 53.5 Å². The molecule has 28 heavy (non-hydrogen) atoms. The number of esters is 1. The Bertz CT molecular complexity index is 1070. The highest BCUT2D eigenvalue weighted by Gasteiger charge is 2.34. The number of nitrogens with zero attached hydrogens (tertiary/aromatic N) is 1. The highest BCUT2D eigenvalue weighted by Crippen LogP contribution is 2.35. The van der Waals surface area contributed by atoms with E-state index >= 15 is 0 Å². The fraction of sp³-hybridized carbons (Fsp3) is 0.286. The molecular weight excluding hydrogens is 376 g/mol. The summed E-state index contributed by atoms with van der Waals surface area (Å²) in [6.07, 6.45) is 0.903. The van der Waals surface area contributed by atoms with Crippen LogP contribution in [0.1, 0.15) is 41.2 Å². The van der Waals surface area contributed by atoms with Crippen LogP contribution < -0.4 is 5.56 Å². The van der Waals surface area contributed by atoms with Gasteiger partial charge in [-0.05, 0) is 48.7 Å². The molecule has 1 aliphatic heterocycles. The fourth-order valence-corrected chi connectivity index (χ4v) is 4.51. The van der Waals surface area contributed by atoms with E-state index in [2.05, 4.69) is 4.98 Å². The molecule has 1 aromatic carbocycles. The lowest BCUT2D eigenvalue weighted by Crippen LogP contribution is -2.39. The summed E-state index contributed by atoms with van der Waals surface area (Å²) in [6, 6.07) is 12.6. The van der Waals surface area contributed by atoms with E-state index in [0.717, 1.165) is 17.7 Å². The van der Waals surface area contributed by atoms with Gasteiger partial charge in [-0.3, -0.25) is 9.59 Å². The topological polar surface area (TPSA) is 79.5 Å². The normalized spacial score (nSPS) is 17.6. The van der Waals surface area contributed by atoms with Gasteiger partial charge in [0.25, 0.3) is 11.5 Å². The van der Waals surface area contributed by atoms with Gasteiger partial charge >= 0.3 is 5.97 Å². The summed E-state index contributed by atoms with van der Waals surface area (Å²) < 4.78 is 5.38. The molecule has 0 saturated carbocycles. The SMILES string of the molecule is C[C@@H](OC(=O)c1cc2ccccc2c(=O)[nH]1)C(=O)N1CCC[C@H]1c1cccs1. The van der Waals surface area contributed by atoms with Gasteiger partial charge in [0.15, 0.2) is 6.10 Å². The molecule has 1 aliphatic rings. The van der Waals surface area contributed by atoms with Gasteiger partial charge in [-0.15, -0.1) is 11.3 Å². The number of aromatic amines is 1. The average molecular weight is 396 g/mol. The van der Waals surface area contributed by atoms with Crippen molar-refractivity contribution >= 4 is 34.0 Å². The van der Waals surface area contributed by atoms with Gasteiger partial charge in [0, 0.05) is 16.8 Å². The molecule has 0 bridgehead atoms. The zero-order chi connectivity index (χ0) is 19.7. The summed E-state index contributed by atoms with van der Waals surface area (Å²) in [5, 5.41) is 3.14. The van der Waals surface area contributed by atoms with Gasteiger partial charge in [0.2, 0.25) is 0 Å². The maximum Gasteiger partial charge on any atom is 0.355 e. The minimum atomic E-state index is -0.928. The molecule has 1 fully saturated rings. The number of pyridine rings is 1. The summed E-state index contributed by atoms with van der Waals surface area (Å²) in [7, 11) is 0. The summed E-state index contributed by atoms with van der Waals surface area (Å²) in [5.74, 6) is -0.928. The summed E-state index contributed by atoms with van der Waals surface area (Å²) >= 11 is 1.63. The fourth-order valence-electron chi connectivity index (χ4n) is 3.64. The van der Waals surface area contributed by atoms with E-state index in [1.165, 1.54) is 0 Å². The minimum Gasteiger partial charge on any atom is -0.448 e. The highest BCUT2D eigenvalue weighted by atomic mass is 32.1. The van der Waals surface area contributed by atoms with Gasteiger partial charge < -0.3 is 14.6 Å². The number of ether oxygens (including phenoxy) is 1. The van der Waals surface area contributed by atoms with Crippen molar-refractivity contribution in [2.45, 2.75) is 31.9 Å². The Kier molecular flexibility index (Phi) is 5.00. The second kappa shape index (κ2) is 7.59. The molecule has 0 spiro atoms. The van der Waals surface area contributed by atoms with Crippen molar-refractivity contribution in [3.8, 4) is 0 Å². The van der Waals surface area contributed by atoms with E-state index in [1.807, 2.05) is 17.5 Å². The Morgan fingerprint density at radius 1 is 1.25 bits per heavy atom. The van der Waals surface area contributed by atoms with Gasteiger partial charge in [-0.1, -0.05) is 24.3 Å². The molecule has 1 saturated heterocycles. The molecule has 1 N–H and O–H groups in total. The third-order valence-electron chi connectivity index (χ3n) is 5.01. The van der Waals surface area contributed by atoms with Crippen molar-refractivity contribution < 1.29 is 14.3 Å². The highest BCUT2D eigenvalue weighted by molar-refractivity contribution is 7.10. The van der Waals surface area contributed by atoms with E-state index in [0.29, 0.717) is 17.3 Å². The Hall–Kier alpha value is -2.93. The second-order valence-electron chi connectivity index (χ2n) is 6.85. The lowest BCUT2D eigenvalue weighted by Gasteiger charge is -2.26. The number of thiophene rings is 1. The quantitative estimate of drug-likeness (QED) is 0.685. The predicted molar refractivity (Wildman–Crippen MR) is 107 cm³/mol. The number of H-pyrrole nitrogens is 1. The third-order valence-corrected chi connectivity index (χ3v) is 5.99. The van der Waals surface area contributed by atoms with Crippen molar-refractivity contribution in [1.82, 2.24) is 9.88 Å². The average Bonchev–Trinajstić information content (AvgIpc) is 3.38. The monoisotopic (exact) mass is 396 g/mol. The number of amides is 1. The number of hydrogen-bond donors (Lipinski definition) is 1. The molecular formula is C21H20N2O4S. The zero-order valence-electron chi connectivity index (χ0n) is 15.4. The van der Waals surface area contributed by atoms with Crippen molar-refractivity contribution in [2.24, 2.45) is 0 Å².